The molecule has 2 aromatic rings. The number of esters is 1. The standard InChI is InChI=1S/C24H31NO3S/c1-6-28-23(26)18(2)16-22(25-29(27)24(3,4)5)17-19-12-14-21(15-13-19)20-10-8-7-9-11-20/h7-15,18H,6,16-17H2,1-5H3/t18?,29-/m0/s1. The molecule has 0 spiro atoms. The van der Waals surface area contributed by atoms with Crippen LogP contribution >= 0.6 is 0 Å². The van der Waals surface area contributed by atoms with Gasteiger partial charge in [0.15, 0.2) is 0 Å². The molecule has 0 saturated heterocycles. The van der Waals surface area contributed by atoms with E-state index in [1.165, 1.54) is 0 Å². The summed E-state index contributed by atoms with van der Waals surface area (Å²) in [5.41, 5.74) is 4.14. The number of ether oxygens (including phenoxy) is 1. The van der Waals surface area contributed by atoms with Gasteiger partial charge in [-0.2, -0.15) is 4.40 Å². The molecule has 1 unspecified atom stereocenters. The Morgan fingerprint density at radius 1 is 1.03 bits per heavy atom. The summed E-state index contributed by atoms with van der Waals surface area (Å²) >= 11 is 0. The molecule has 0 aliphatic rings. The van der Waals surface area contributed by atoms with E-state index in [4.69, 9.17) is 4.74 Å². The average molecular weight is 414 g/mol. The van der Waals surface area contributed by atoms with E-state index in [1.54, 1.807) is 6.92 Å². The van der Waals surface area contributed by atoms with Gasteiger partial charge in [-0.1, -0.05) is 61.5 Å². The van der Waals surface area contributed by atoms with Gasteiger partial charge in [0.25, 0.3) is 0 Å². The predicted octanol–water partition coefficient (Wildman–Crippen LogP) is 5.39. The summed E-state index contributed by atoms with van der Waals surface area (Å²) in [4.78, 5) is 12.1. The number of hydrogen-bond donors (Lipinski definition) is 0. The molecule has 156 valence electrons. The second-order valence-electron chi connectivity index (χ2n) is 8.12. The van der Waals surface area contributed by atoms with Gasteiger partial charge < -0.3 is 4.74 Å². The van der Waals surface area contributed by atoms with Gasteiger partial charge in [0, 0.05) is 12.1 Å². The Hall–Kier alpha value is -2.27. The van der Waals surface area contributed by atoms with E-state index in [0.717, 1.165) is 22.4 Å². The van der Waals surface area contributed by atoms with Crippen LogP contribution in [0.3, 0.4) is 0 Å². The lowest BCUT2D eigenvalue weighted by Crippen LogP contribution is -2.24. The first-order valence-electron chi connectivity index (χ1n) is 10.00. The summed E-state index contributed by atoms with van der Waals surface area (Å²) in [5, 5.41) is 0. The van der Waals surface area contributed by atoms with Crippen molar-refractivity contribution in [1.29, 1.82) is 0 Å². The second-order valence-corrected chi connectivity index (χ2v) is 10.0. The molecule has 2 rings (SSSR count). The van der Waals surface area contributed by atoms with Crippen LogP contribution in [0.2, 0.25) is 0 Å². The first-order chi connectivity index (χ1) is 13.7. The lowest BCUT2D eigenvalue weighted by atomic mass is 9.97. The van der Waals surface area contributed by atoms with Crippen LogP contribution in [0.4, 0.5) is 0 Å². The van der Waals surface area contributed by atoms with Crippen molar-refractivity contribution in [2.75, 3.05) is 6.61 Å². The second kappa shape index (κ2) is 10.5. The normalized spacial score (nSPS) is 14.3. The Morgan fingerprint density at radius 3 is 2.17 bits per heavy atom. The molecular formula is C24H31NO3S. The maximum Gasteiger partial charge on any atom is 0.309 e. The summed E-state index contributed by atoms with van der Waals surface area (Å²) in [7, 11) is -1.37. The van der Waals surface area contributed by atoms with Crippen molar-refractivity contribution >= 4 is 22.7 Å². The largest absolute Gasteiger partial charge is 0.466 e. The first kappa shape index (κ1) is 23.0. The number of benzene rings is 2. The summed E-state index contributed by atoms with van der Waals surface area (Å²) in [6, 6.07) is 18.5. The van der Waals surface area contributed by atoms with Gasteiger partial charge in [0.2, 0.25) is 0 Å². The van der Waals surface area contributed by atoms with Crippen LogP contribution in [0, 0.1) is 5.92 Å². The zero-order valence-electron chi connectivity index (χ0n) is 18.0. The molecule has 0 aliphatic heterocycles. The number of hydrogen-bond acceptors (Lipinski definition) is 3. The van der Waals surface area contributed by atoms with E-state index in [2.05, 4.69) is 40.8 Å². The molecule has 0 radical (unpaired) electrons. The van der Waals surface area contributed by atoms with E-state index >= 15 is 0 Å². The lowest BCUT2D eigenvalue weighted by molar-refractivity contribution is -0.147. The Balaban J connectivity index is 2.21. The van der Waals surface area contributed by atoms with Gasteiger partial charge in [0.05, 0.1) is 17.3 Å². The van der Waals surface area contributed by atoms with Crippen molar-refractivity contribution in [1.82, 2.24) is 0 Å². The van der Waals surface area contributed by atoms with E-state index in [0.29, 0.717) is 19.4 Å². The molecule has 0 fully saturated rings. The van der Waals surface area contributed by atoms with Gasteiger partial charge in [-0.05, 0) is 50.8 Å². The van der Waals surface area contributed by atoms with E-state index in [-0.39, 0.29) is 11.9 Å². The maximum atomic E-state index is 12.6. The molecule has 4 nitrogen and oxygen atoms in total. The predicted molar refractivity (Wildman–Crippen MR) is 121 cm³/mol. The number of carbonyl (C=O) groups is 1. The quantitative estimate of drug-likeness (QED) is 0.431. The van der Waals surface area contributed by atoms with Crippen LogP contribution in [0.1, 0.15) is 46.6 Å². The topological polar surface area (TPSA) is 55.7 Å². The number of rotatable bonds is 8. The third kappa shape index (κ3) is 7.24. The van der Waals surface area contributed by atoms with Crippen molar-refractivity contribution in [2.45, 2.75) is 52.2 Å². The van der Waals surface area contributed by atoms with Gasteiger partial charge in [-0.15, -0.1) is 0 Å². The van der Waals surface area contributed by atoms with Gasteiger partial charge in [0.1, 0.15) is 11.0 Å². The highest BCUT2D eigenvalue weighted by Gasteiger charge is 2.22. The molecule has 0 saturated carbocycles. The molecule has 0 heterocycles. The van der Waals surface area contributed by atoms with Crippen molar-refractivity contribution in [3.8, 4) is 11.1 Å². The highest BCUT2D eigenvalue weighted by atomic mass is 32.2. The number of nitrogens with zero attached hydrogens (tertiary/aromatic N) is 1. The highest BCUT2D eigenvalue weighted by Crippen LogP contribution is 2.21. The van der Waals surface area contributed by atoms with Crippen LogP contribution < -0.4 is 0 Å². The molecule has 0 aromatic heterocycles. The molecule has 2 aromatic carbocycles. The molecule has 0 amide bonds. The van der Waals surface area contributed by atoms with E-state index in [9.17, 15) is 9.00 Å². The minimum atomic E-state index is -1.37. The lowest BCUT2D eigenvalue weighted by Gasteiger charge is -2.17. The third-order valence-corrected chi connectivity index (χ3v) is 5.91. The summed E-state index contributed by atoms with van der Waals surface area (Å²) < 4.78 is 21.7. The van der Waals surface area contributed by atoms with Crippen LogP contribution in [-0.4, -0.2) is 27.2 Å². The Morgan fingerprint density at radius 2 is 1.62 bits per heavy atom. The Kier molecular flexibility index (Phi) is 8.32. The third-order valence-electron chi connectivity index (χ3n) is 4.44. The smallest absolute Gasteiger partial charge is 0.309 e. The zero-order chi connectivity index (χ0) is 21.4. The molecule has 29 heavy (non-hydrogen) atoms. The van der Waals surface area contributed by atoms with E-state index in [1.807, 2.05) is 45.9 Å². The fourth-order valence-corrected chi connectivity index (χ4v) is 3.45. The van der Waals surface area contributed by atoms with Crippen molar-refractivity contribution in [3.63, 3.8) is 0 Å². The van der Waals surface area contributed by atoms with Crippen LogP contribution in [0.15, 0.2) is 59.0 Å². The van der Waals surface area contributed by atoms with Crippen molar-refractivity contribution in [3.05, 3.63) is 60.2 Å². The monoisotopic (exact) mass is 413 g/mol. The fourth-order valence-electron chi connectivity index (χ4n) is 2.80. The fraction of sp³-hybridized carbons (Fsp3) is 0.417. The molecule has 0 N–H and O–H groups in total. The van der Waals surface area contributed by atoms with Gasteiger partial charge in [-0.25, -0.2) is 4.21 Å². The Bertz CT molecular complexity index is 852. The van der Waals surface area contributed by atoms with Crippen LogP contribution in [-0.2, 0) is 26.9 Å². The first-order valence-corrected chi connectivity index (χ1v) is 11.1. The molecule has 0 bridgehead atoms. The Labute approximate surface area is 177 Å². The average Bonchev–Trinajstić information content (AvgIpc) is 2.68. The van der Waals surface area contributed by atoms with Gasteiger partial charge in [-0.3, -0.25) is 4.79 Å². The van der Waals surface area contributed by atoms with Crippen LogP contribution in [0.5, 0.6) is 0 Å². The highest BCUT2D eigenvalue weighted by molar-refractivity contribution is 7.85. The molecule has 2 atom stereocenters. The zero-order valence-corrected chi connectivity index (χ0v) is 18.8. The molecular weight excluding hydrogens is 382 g/mol. The van der Waals surface area contributed by atoms with Crippen LogP contribution in [0.25, 0.3) is 11.1 Å². The molecule has 0 aliphatic carbocycles. The molecule has 5 heteroatoms. The summed E-state index contributed by atoms with van der Waals surface area (Å²) in [6.45, 7) is 9.66. The maximum absolute atomic E-state index is 12.6. The summed E-state index contributed by atoms with van der Waals surface area (Å²) in [6.07, 6.45) is 0.988. The number of carbonyl (C=O) groups excluding carboxylic acids is 1. The minimum absolute atomic E-state index is 0.249. The van der Waals surface area contributed by atoms with Crippen molar-refractivity contribution in [2.24, 2.45) is 10.3 Å². The minimum Gasteiger partial charge on any atom is -0.466 e. The van der Waals surface area contributed by atoms with E-state index < -0.39 is 15.7 Å². The summed E-state index contributed by atoms with van der Waals surface area (Å²) in [5.74, 6) is -0.574. The SMILES string of the molecule is CCOC(=O)C(C)CC(Cc1ccc(-c2ccccc2)cc1)=N[S@@](=O)C(C)(C)C. The van der Waals surface area contributed by atoms with Gasteiger partial charge >= 0.3 is 5.97 Å². The van der Waals surface area contributed by atoms with Crippen molar-refractivity contribution < 1.29 is 13.7 Å².